The molecule has 1 atom stereocenters. The van der Waals surface area contributed by atoms with E-state index in [1.165, 1.54) is 9.80 Å². The van der Waals surface area contributed by atoms with Crippen LogP contribution in [-0.2, 0) is 9.59 Å². The molecule has 1 fully saturated rings. The first-order valence-corrected chi connectivity index (χ1v) is 9.72. The van der Waals surface area contributed by atoms with E-state index in [0.717, 1.165) is 23.9 Å². The number of hydrogen-bond acceptors (Lipinski definition) is 4. The number of para-hydroxylation sites is 1. The van der Waals surface area contributed by atoms with Crippen molar-refractivity contribution in [3.05, 3.63) is 30.5 Å². The summed E-state index contributed by atoms with van der Waals surface area (Å²) < 4.78 is 2.06. The van der Waals surface area contributed by atoms with Gasteiger partial charge in [0.15, 0.2) is 5.96 Å². The van der Waals surface area contributed by atoms with Crippen LogP contribution in [0.1, 0.15) is 12.5 Å². The van der Waals surface area contributed by atoms with Gasteiger partial charge in [0.1, 0.15) is 6.54 Å². The molecule has 164 valence electrons. The summed E-state index contributed by atoms with van der Waals surface area (Å²) in [7, 11) is 6.83. The summed E-state index contributed by atoms with van der Waals surface area (Å²) in [5.41, 5.74) is 1.11. The number of likely N-dealkylation sites (N-methyl/N-ethyl adjacent to an activating group) is 2. The average molecular weight is 527 g/mol. The van der Waals surface area contributed by atoms with Gasteiger partial charge in [-0.2, -0.15) is 5.10 Å². The molecule has 9 nitrogen and oxygen atoms in total. The Balaban J connectivity index is 0.00000320. The number of likely N-dealkylation sites (tertiary alicyclic amines) is 1. The van der Waals surface area contributed by atoms with E-state index in [9.17, 15) is 9.59 Å². The van der Waals surface area contributed by atoms with Crippen molar-refractivity contribution < 1.29 is 9.59 Å². The number of halogens is 1. The van der Waals surface area contributed by atoms with Crippen molar-refractivity contribution in [2.75, 3.05) is 54.4 Å². The third-order valence-electron chi connectivity index (χ3n) is 5.07. The van der Waals surface area contributed by atoms with E-state index in [1.807, 2.05) is 18.3 Å². The van der Waals surface area contributed by atoms with Crippen molar-refractivity contribution in [3.63, 3.8) is 0 Å². The fraction of sp³-hybridized carbons (Fsp3) is 0.500. The highest BCUT2D eigenvalue weighted by Gasteiger charge is 2.28. The summed E-state index contributed by atoms with van der Waals surface area (Å²) in [6, 6.07) is 8.36. The van der Waals surface area contributed by atoms with Gasteiger partial charge < -0.3 is 20.0 Å². The Kier molecular flexibility index (Phi) is 8.44. The average Bonchev–Trinajstić information content (AvgIpc) is 3.34. The number of fused-ring (bicyclic) bond motifs is 1. The Bertz CT molecular complexity index is 909. The second kappa shape index (κ2) is 10.6. The molecule has 2 amide bonds. The predicted octanol–water partition coefficient (Wildman–Crippen LogP) is 1.02. The Morgan fingerprint density at radius 1 is 1.17 bits per heavy atom. The minimum atomic E-state index is -0.0861. The molecule has 1 unspecified atom stereocenters. The molecular weight excluding hydrogens is 497 g/mol. The van der Waals surface area contributed by atoms with Crippen LogP contribution < -0.4 is 5.32 Å². The fourth-order valence-corrected chi connectivity index (χ4v) is 3.28. The minimum Gasteiger partial charge on any atom is -0.347 e. The van der Waals surface area contributed by atoms with Gasteiger partial charge in [0.05, 0.1) is 24.3 Å². The standard InChI is InChI=1S/C20H29N7O2.HI/c1-24(2)18(28)12-21-20(22-13-19(29)25(3)4)26-10-9-16(14-26)27-17-8-6-5-7-15(17)11-23-27;/h5-8,11,16H,9-10,12-14H2,1-4H3,(H,21,22);1H. The molecule has 1 N–H and O–H groups in total. The van der Waals surface area contributed by atoms with E-state index < -0.39 is 0 Å². The van der Waals surface area contributed by atoms with E-state index in [2.05, 4.69) is 37.1 Å². The maximum absolute atomic E-state index is 12.0. The zero-order chi connectivity index (χ0) is 21.0. The molecular formula is C20H30IN7O2. The number of carbonyl (C=O) groups is 2. The van der Waals surface area contributed by atoms with Gasteiger partial charge >= 0.3 is 0 Å². The van der Waals surface area contributed by atoms with Gasteiger partial charge in [-0.25, -0.2) is 4.99 Å². The predicted molar refractivity (Wildman–Crippen MR) is 128 cm³/mol. The van der Waals surface area contributed by atoms with Crippen LogP contribution in [0.25, 0.3) is 10.9 Å². The van der Waals surface area contributed by atoms with E-state index in [1.54, 1.807) is 28.2 Å². The molecule has 2 heterocycles. The Labute approximate surface area is 194 Å². The maximum Gasteiger partial charge on any atom is 0.243 e. The van der Waals surface area contributed by atoms with E-state index in [4.69, 9.17) is 0 Å². The lowest BCUT2D eigenvalue weighted by Crippen LogP contribution is -2.45. The third-order valence-corrected chi connectivity index (χ3v) is 5.07. The van der Waals surface area contributed by atoms with Crippen LogP contribution >= 0.6 is 24.0 Å². The van der Waals surface area contributed by atoms with Gasteiger partial charge in [-0.15, -0.1) is 24.0 Å². The van der Waals surface area contributed by atoms with E-state index in [-0.39, 0.29) is 54.9 Å². The Morgan fingerprint density at radius 3 is 2.57 bits per heavy atom. The largest absolute Gasteiger partial charge is 0.347 e. The van der Waals surface area contributed by atoms with Crippen molar-refractivity contribution in [1.29, 1.82) is 0 Å². The number of rotatable bonds is 5. The Hall–Kier alpha value is -2.37. The smallest absolute Gasteiger partial charge is 0.243 e. The molecule has 0 bridgehead atoms. The van der Waals surface area contributed by atoms with Crippen molar-refractivity contribution in [3.8, 4) is 0 Å². The number of nitrogens with zero attached hydrogens (tertiary/aromatic N) is 6. The van der Waals surface area contributed by atoms with Crippen molar-refractivity contribution in [1.82, 2.24) is 29.8 Å². The normalized spacial score (nSPS) is 16.3. The number of benzene rings is 1. The molecule has 2 aromatic rings. The molecule has 1 aliphatic heterocycles. The van der Waals surface area contributed by atoms with Crippen LogP contribution in [0.4, 0.5) is 0 Å². The molecule has 1 aliphatic rings. The quantitative estimate of drug-likeness (QED) is 0.357. The first-order valence-electron chi connectivity index (χ1n) is 9.72. The number of nitrogens with one attached hydrogen (secondary N) is 1. The Morgan fingerprint density at radius 2 is 1.87 bits per heavy atom. The number of aliphatic imine (C=N–C) groups is 1. The number of guanidine groups is 1. The molecule has 10 heteroatoms. The topological polar surface area (TPSA) is 86.1 Å². The van der Waals surface area contributed by atoms with Crippen LogP contribution in [0, 0.1) is 0 Å². The second-order valence-electron chi connectivity index (χ2n) is 7.61. The summed E-state index contributed by atoms with van der Waals surface area (Å²) in [6.45, 7) is 1.66. The highest BCUT2D eigenvalue weighted by molar-refractivity contribution is 14.0. The molecule has 0 aliphatic carbocycles. The van der Waals surface area contributed by atoms with Gasteiger partial charge in [0.25, 0.3) is 0 Å². The van der Waals surface area contributed by atoms with Crippen LogP contribution in [-0.4, -0.2) is 96.6 Å². The monoisotopic (exact) mass is 527 g/mol. The van der Waals surface area contributed by atoms with Crippen LogP contribution in [0.5, 0.6) is 0 Å². The molecule has 0 saturated carbocycles. The summed E-state index contributed by atoms with van der Waals surface area (Å²) in [6.07, 6.45) is 2.80. The minimum absolute atomic E-state index is 0. The SMILES string of the molecule is CN(C)C(=O)CN=C(NCC(=O)N(C)C)N1CCC(n2ncc3ccccc32)C1.I. The number of carbonyl (C=O) groups excluding carboxylic acids is 2. The third kappa shape index (κ3) is 5.61. The molecule has 3 rings (SSSR count). The lowest BCUT2D eigenvalue weighted by atomic mass is 10.2. The van der Waals surface area contributed by atoms with E-state index in [0.29, 0.717) is 12.5 Å². The number of hydrogen-bond donors (Lipinski definition) is 1. The lowest BCUT2D eigenvalue weighted by molar-refractivity contribution is -0.127. The van der Waals surface area contributed by atoms with Crippen molar-refractivity contribution in [2.24, 2.45) is 4.99 Å². The number of amides is 2. The van der Waals surface area contributed by atoms with Gasteiger partial charge in [0.2, 0.25) is 11.8 Å². The van der Waals surface area contributed by atoms with Crippen molar-refractivity contribution >= 4 is 52.7 Å². The van der Waals surface area contributed by atoms with Gasteiger partial charge in [-0.3, -0.25) is 14.3 Å². The van der Waals surface area contributed by atoms with Crippen LogP contribution in [0.2, 0.25) is 0 Å². The van der Waals surface area contributed by atoms with Crippen LogP contribution in [0.3, 0.4) is 0 Å². The molecule has 1 saturated heterocycles. The zero-order valence-electron chi connectivity index (χ0n) is 17.9. The molecule has 30 heavy (non-hydrogen) atoms. The van der Waals surface area contributed by atoms with Crippen LogP contribution in [0.15, 0.2) is 35.5 Å². The molecule has 1 aromatic carbocycles. The summed E-state index contributed by atoms with van der Waals surface area (Å²) in [4.78, 5) is 33.6. The first kappa shape index (κ1) is 23.9. The second-order valence-corrected chi connectivity index (χ2v) is 7.61. The number of aromatic nitrogens is 2. The van der Waals surface area contributed by atoms with Gasteiger partial charge in [-0.1, -0.05) is 18.2 Å². The van der Waals surface area contributed by atoms with Gasteiger partial charge in [-0.05, 0) is 12.5 Å². The first-order chi connectivity index (χ1) is 13.9. The summed E-state index contributed by atoms with van der Waals surface area (Å²) >= 11 is 0. The van der Waals surface area contributed by atoms with Gasteiger partial charge in [0, 0.05) is 46.7 Å². The van der Waals surface area contributed by atoms with Crippen molar-refractivity contribution in [2.45, 2.75) is 12.5 Å². The maximum atomic E-state index is 12.0. The fourth-order valence-electron chi connectivity index (χ4n) is 3.28. The van der Waals surface area contributed by atoms with E-state index >= 15 is 0 Å². The molecule has 1 aromatic heterocycles. The molecule has 0 radical (unpaired) electrons. The highest BCUT2D eigenvalue weighted by atomic mass is 127. The molecule has 0 spiro atoms. The summed E-state index contributed by atoms with van der Waals surface area (Å²) in [5, 5.41) is 8.82. The zero-order valence-corrected chi connectivity index (χ0v) is 20.2. The summed E-state index contributed by atoms with van der Waals surface area (Å²) in [5.74, 6) is 0.442. The lowest BCUT2D eigenvalue weighted by Gasteiger charge is -2.23. The highest BCUT2D eigenvalue weighted by Crippen LogP contribution is 2.25.